The smallest absolute Gasteiger partial charge is 0.337 e. The van der Waals surface area contributed by atoms with Gasteiger partial charge >= 0.3 is 5.97 Å². The third-order valence-corrected chi connectivity index (χ3v) is 5.38. The average molecular weight is 346 g/mol. The van der Waals surface area contributed by atoms with Crippen LogP contribution in [-0.2, 0) is 10.0 Å². The van der Waals surface area contributed by atoms with Crippen LogP contribution in [0.4, 0.5) is 11.4 Å². The van der Waals surface area contributed by atoms with Gasteiger partial charge < -0.3 is 10.0 Å². The van der Waals surface area contributed by atoms with E-state index in [4.69, 9.17) is 0 Å². The van der Waals surface area contributed by atoms with Gasteiger partial charge in [0, 0.05) is 18.8 Å². The van der Waals surface area contributed by atoms with Crippen molar-refractivity contribution in [2.24, 2.45) is 0 Å². The standard InChI is InChI=1S/C17H18N2O4S/c20-17(21)15-12-13(19-10-4-5-11-19)8-9-16(15)18-24(22,23)14-6-2-1-3-7-14/h1-3,6-9,12,18H,4-5,10-11H2,(H,20,21). The van der Waals surface area contributed by atoms with Crippen LogP contribution in [0.25, 0.3) is 0 Å². The number of sulfonamides is 1. The van der Waals surface area contributed by atoms with Crippen molar-refractivity contribution in [3.8, 4) is 0 Å². The number of rotatable bonds is 5. The van der Waals surface area contributed by atoms with Gasteiger partial charge in [0.1, 0.15) is 0 Å². The highest BCUT2D eigenvalue weighted by atomic mass is 32.2. The number of hydrogen-bond donors (Lipinski definition) is 2. The molecule has 126 valence electrons. The van der Waals surface area contributed by atoms with Crippen LogP contribution in [0.3, 0.4) is 0 Å². The van der Waals surface area contributed by atoms with Gasteiger partial charge in [-0.3, -0.25) is 4.72 Å². The van der Waals surface area contributed by atoms with Gasteiger partial charge in [0.25, 0.3) is 10.0 Å². The SMILES string of the molecule is O=C(O)c1cc(N2CCCC2)ccc1NS(=O)(=O)c1ccccc1. The molecule has 1 saturated heterocycles. The van der Waals surface area contributed by atoms with Crippen LogP contribution in [0.15, 0.2) is 53.4 Å². The van der Waals surface area contributed by atoms with E-state index in [1.807, 2.05) is 0 Å². The Balaban J connectivity index is 1.94. The number of carbonyl (C=O) groups is 1. The van der Waals surface area contributed by atoms with Crippen LogP contribution < -0.4 is 9.62 Å². The predicted octanol–water partition coefficient (Wildman–Crippen LogP) is 2.79. The van der Waals surface area contributed by atoms with E-state index in [-0.39, 0.29) is 16.1 Å². The summed E-state index contributed by atoms with van der Waals surface area (Å²) in [4.78, 5) is 13.7. The first-order chi connectivity index (χ1) is 11.5. The molecule has 1 heterocycles. The van der Waals surface area contributed by atoms with Crippen molar-refractivity contribution >= 4 is 27.4 Å². The van der Waals surface area contributed by atoms with Crippen molar-refractivity contribution in [1.29, 1.82) is 0 Å². The first kappa shape index (κ1) is 16.3. The first-order valence-corrected chi connectivity index (χ1v) is 9.16. The Morgan fingerprint density at radius 2 is 1.71 bits per heavy atom. The van der Waals surface area contributed by atoms with Crippen LogP contribution in [-0.4, -0.2) is 32.6 Å². The molecule has 1 aliphatic heterocycles. The molecular weight excluding hydrogens is 328 g/mol. The van der Waals surface area contributed by atoms with E-state index in [0.717, 1.165) is 31.6 Å². The van der Waals surface area contributed by atoms with Crippen molar-refractivity contribution in [1.82, 2.24) is 0 Å². The Labute approximate surface area is 140 Å². The summed E-state index contributed by atoms with van der Waals surface area (Å²) < 4.78 is 27.2. The van der Waals surface area contributed by atoms with Crippen LogP contribution in [0.1, 0.15) is 23.2 Å². The summed E-state index contributed by atoms with van der Waals surface area (Å²) in [5, 5.41) is 9.45. The number of nitrogens with zero attached hydrogens (tertiary/aromatic N) is 1. The van der Waals surface area contributed by atoms with Gasteiger partial charge in [0.05, 0.1) is 16.1 Å². The van der Waals surface area contributed by atoms with Gasteiger partial charge in [-0.25, -0.2) is 13.2 Å². The number of carboxylic acids is 1. The summed E-state index contributed by atoms with van der Waals surface area (Å²) in [6.07, 6.45) is 2.15. The minimum atomic E-state index is -3.83. The highest BCUT2D eigenvalue weighted by Gasteiger charge is 2.20. The van der Waals surface area contributed by atoms with Crippen molar-refractivity contribution in [2.75, 3.05) is 22.7 Å². The number of carboxylic acid groups (broad SMARTS) is 1. The molecule has 0 aromatic heterocycles. The lowest BCUT2D eigenvalue weighted by molar-refractivity contribution is 0.0698. The van der Waals surface area contributed by atoms with Crippen LogP contribution in [0, 0.1) is 0 Å². The van der Waals surface area contributed by atoms with E-state index >= 15 is 0 Å². The second-order valence-electron chi connectivity index (χ2n) is 5.65. The molecule has 3 rings (SSSR count). The van der Waals surface area contributed by atoms with E-state index in [1.165, 1.54) is 24.3 Å². The number of aromatic carboxylic acids is 1. The zero-order chi connectivity index (χ0) is 17.2. The fourth-order valence-electron chi connectivity index (χ4n) is 2.77. The molecule has 6 nitrogen and oxygen atoms in total. The lowest BCUT2D eigenvalue weighted by atomic mass is 10.1. The highest BCUT2D eigenvalue weighted by Crippen LogP contribution is 2.27. The molecule has 0 bridgehead atoms. The fraction of sp³-hybridized carbons (Fsp3) is 0.235. The quantitative estimate of drug-likeness (QED) is 0.869. The van der Waals surface area contributed by atoms with Gasteiger partial charge in [0.15, 0.2) is 0 Å². The molecule has 24 heavy (non-hydrogen) atoms. The minimum absolute atomic E-state index is 0.0566. The zero-order valence-electron chi connectivity index (χ0n) is 13.0. The Kier molecular flexibility index (Phi) is 4.44. The number of anilines is 2. The molecule has 1 fully saturated rings. The maximum atomic E-state index is 12.4. The molecule has 0 aliphatic carbocycles. The molecule has 1 aliphatic rings. The summed E-state index contributed by atoms with van der Waals surface area (Å²) in [5.74, 6) is -1.16. The van der Waals surface area contributed by atoms with Gasteiger partial charge in [0.2, 0.25) is 0 Å². The Hall–Kier alpha value is -2.54. The maximum Gasteiger partial charge on any atom is 0.337 e. The van der Waals surface area contributed by atoms with Gasteiger partial charge in [-0.2, -0.15) is 0 Å². The number of nitrogens with one attached hydrogen (secondary N) is 1. The second kappa shape index (κ2) is 6.52. The highest BCUT2D eigenvalue weighted by molar-refractivity contribution is 7.92. The first-order valence-electron chi connectivity index (χ1n) is 7.67. The molecule has 0 unspecified atom stereocenters. The molecule has 0 spiro atoms. The average Bonchev–Trinajstić information content (AvgIpc) is 3.10. The van der Waals surface area contributed by atoms with Crippen molar-refractivity contribution < 1.29 is 18.3 Å². The summed E-state index contributed by atoms with van der Waals surface area (Å²) in [6.45, 7) is 1.77. The predicted molar refractivity (Wildman–Crippen MR) is 92.1 cm³/mol. The Morgan fingerprint density at radius 1 is 1.04 bits per heavy atom. The molecule has 0 atom stereocenters. The Bertz CT molecular complexity index is 844. The minimum Gasteiger partial charge on any atom is -0.478 e. The van der Waals surface area contributed by atoms with E-state index < -0.39 is 16.0 Å². The number of benzene rings is 2. The lowest BCUT2D eigenvalue weighted by Gasteiger charge is -2.19. The summed E-state index contributed by atoms with van der Waals surface area (Å²) in [6, 6.07) is 12.6. The molecule has 2 aromatic carbocycles. The fourth-order valence-corrected chi connectivity index (χ4v) is 3.87. The zero-order valence-corrected chi connectivity index (χ0v) is 13.8. The van der Waals surface area contributed by atoms with Gasteiger partial charge in [-0.1, -0.05) is 18.2 Å². The maximum absolute atomic E-state index is 12.4. The number of hydrogen-bond acceptors (Lipinski definition) is 4. The molecule has 0 saturated carbocycles. The summed E-state index contributed by atoms with van der Waals surface area (Å²) in [7, 11) is -3.83. The summed E-state index contributed by atoms with van der Waals surface area (Å²) in [5.41, 5.74) is 0.806. The van der Waals surface area contributed by atoms with Crippen molar-refractivity contribution in [3.05, 3.63) is 54.1 Å². The van der Waals surface area contributed by atoms with E-state index in [0.29, 0.717) is 0 Å². The molecular formula is C17H18N2O4S. The van der Waals surface area contributed by atoms with Gasteiger partial charge in [-0.05, 0) is 43.2 Å². The van der Waals surface area contributed by atoms with E-state index in [9.17, 15) is 18.3 Å². The van der Waals surface area contributed by atoms with Crippen molar-refractivity contribution in [3.63, 3.8) is 0 Å². The van der Waals surface area contributed by atoms with E-state index in [2.05, 4.69) is 9.62 Å². The largest absolute Gasteiger partial charge is 0.478 e. The lowest BCUT2D eigenvalue weighted by Crippen LogP contribution is -2.19. The second-order valence-corrected chi connectivity index (χ2v) is 7.33. The normalized spacial score (nSPS) is 14.6. The van der Waals surface area contributed by atoms with Crippen LogP contribution in [0.5, 0.6) is 0 Å². The van der Waals surface area contributed by atoms with Crippen LogP contribution >= 0.6 is 0 Å². The third kappa shape index (κ3) is 3.35. The molecule has 7 heteroatoms. The molecule has 2 N–H and O–H groups in total. The third-order valence-electron chi connectivity index (χ3n) is 4.00. The van der Waals surface area contributed by atoms with Crippen LogP contribution in [0.2, 0.25) is 0 Å². The topological polar surface area (TPSA) is 86.7 Å². The summed E-state index contributed by atoms with van der Waals surface area (Å²) >= 11 is 0. The van der Waals surface area contributed by atoms with E-state index in [1.54, 1.807) is 24.3 Å². The molecule has 0 radical (unpaired) electrons. The Morgan fingerprint density at radius 3 is 2.33 bits per heavy atom. The molecule has 0 amide bonds. The monoisotopic (exact) mass is 346 g/mol. The van der Waals surface area contributed by atoms with Gasteiger partial charge in [-0.15, -0.1) is 0 Å². The molecule has 2 aromatic rings. The van der Waals surface area contributed by atoms with Crippen molar-refractivity contribution in [2.45, 2.75) is 17.7 Å².